The third-order valence-electron chi connectivity index (χ3n) is 7.71. The SMILES string of the molecule is Cc1ccc([C@@H]2OCC(O)CC2O)cc1Cc1ccc(CCCC(=O)NCCN(C)CC(C=NC2CC2)=NN)cc1. The molecule has 1 heterocycles. The highest BCUT2D eigenvalue weighted by atomic mass is 16.5. The molecule has 0 bridgehead atoms. The Kier molecular flexibility index (Phi) is 11.4. The molecule has 2 aromatic rings. The first-order valence-corrected chi connectivity index (χ1v) is 14.7. The van der Waals surface area contributed by atoms with Crippen molar-refractivity contribution in [1.82, 2.24) is 10.2 Å². The summed E-state index contributed by atoms with van der Waals surface area (Å²) >= 11 is 0. The number of ether oxygens (including phenoxy) is 1. The van der Waals surface area contributed by atoms with E-state index in [9.17, 15) is 15.0 Å². The fraction of sp³-hybridized carbons (Fsp3) is 0.531. The Morgan fingerprint density at radius 3 is 2.63 bits per heavy atom. The minimum absolute atomic E-state index is 0.0648. The highest BCUT2D eigenvalue weighted by Gasteiger charge is 2.30. The van der Waals surface area contributed by atoms with Crippen LogP contribution < -0.4 is 11.2 Å². The number of benzene rings is 2. The smallest absolute Gasteiger partial charge is 0.220 e. The lowest BCUT2D eigenvalue weighted by atomic mass is 9.92. The molecule has 9 nitrogen and oxygen atoms in total. The van der Waals surface area contributed by atoms with Gasteiger partial charge in [0.1, 0.15) is 6.10 Å². The van der Waals surface area contributed by atoms with Crippen molar-refractivity contribution in [3.63, 3.8) is 0 Å². The molecule has 1 aliphatic carbocycles. The minimum atomic E-state index is -0.710. The van der Waals surface area contributed by atoms with Crippen LogP contribution in [0.3, 0.4) is 0 Å². The number of hydrazone groups is 1. The van der Waals surface area contributed by atoms with E-state index in [0.717, 1.165) is 43.4 Å². The number of aliphatic imine (C=N–C) groups is 1. The van der Waals surface area contributed by atoms with E-state index in [1.165, 1.54) is 22.3 Å². The molecule has 2 aliphatic rings. The fourth-order valence-electron chi connectivity index (χ4n) is 5.03. The van der Waals surface area contributed by atoms with Crippen LogP contribution in [-0.4, -0.2) is 84.5 Å². The summed E-state index contributed by atoms with van der Waals surface area (Å²) in [6.07, 6.45) is 5.58. The maximum absolute atomic E-state index is 12.3. The first-order valence-electron chi connectivity index (χ1n) is 14.7. The summed E-state index contributed by atoms with van der Waals surface area (Å²) in [5.74, 6) is 5.54. The number of aryl methyl sites for hydroxylation is 2. The van der Waals surface area contributed by atoms with Gasteiger partial charge in [0.25, 0.3) is 0 Å². The van der Waals surface area contributed by atoms with Gasteiger partial charge in [0.05, 0.1) is 30.6 Å². The lowest BCUT2D eigenvalue weighted by molar-refractivity contribution is -0.125. The number of carbonyl (C=O) groups is 1. The van der Waals surface area contributed by atoms with Gasteiger partial charge in [-0.2, -0.15) is 5.10 Å². The van der Waals surface area contributed by atoms with E-state index < -0.39 is 18.3 Å². The number of carbonyl (C=O) groups excluding carboxylic acids is 1. The van der Waals surface area contributed by atoms with Crippen LogP contribution in [0.15, 0.2) is 52.6 Å². The van der Waals surface area contributed by atoms with Gasteiger partial charge in [-0.25, -0.2) is 0 Å². The summed E-state index contributed by atoms with van der Waals surface area (Å²) in [6, 6.07) is 15.2. The zero-order valence-corrected chi connectivity index (χ0v) is 24.3. The highest BCUT2D eigenvalue weighted by Crippen LogP contribution is 2.30. The lowest BCUT2D eigenvalue weighted by Crippen LogP contribution is -2.36. The van der Waals surface area contributed by atoms with Crippen molar-refractivity contribution in [2.75, 3.05) is 33.3 Å². The molecule has 1 saturated carbocycles. The second-order valence-electron chi connectivity index (χ2n) is 11.5. The van der Waals surface area contributed by atoms with Crippen molar-refractivity contribution in [2.24, 2.45) is 15.9 Å². The molecule has 41 heavy (non-hydrogen) atoms. The van der Waals surface area contributed by atoms with E-state index in [4.69, 9.17) is 10.6 Å². The Hall–Kier alpha value is -3.11. The van der Waals surface area contributed by atoms with Gasteiger partial charge in [-0.3, -0.25) is 14.7 Å². The molecule has 2 unspecified atom stereocenters. The third kappa shape index (κ3) is 10.0. The molecular formula is C32H45N5O4. The van der Waals surface area contributed by atoms with Gasteiger partial charge < -0.3 is 26.1 Å². The quantitative estimate of drug-likeness (QED) is 0.159. The van der Waals surface area contributed by atoms with Crippen molar-refractivity contribution in [1.29, 1.82) is 0 Å². The number of nitrogens with one attached hydrogen (secondary N) is 1. The van der Waals surface area contributed by atoms with Gasteiger partial charge in [-0.1, -0.05) is 42.5 Å². The number of aliphatic hydroxyl groups excluding tert-OH is 2. The van der Waals surface area contributed by atoms with Gasteiger partial charge in [-0.05, 0) is 73.9 Å². The molecule has 4 rings (SSSR count). The minimum Gasteiger partial charge on any atom is -0.391 e. The summed E-state index contributed by atoms with van der Waals surface area (Å²) in [5.41, 5.74) is 6.49. The van der Waals surface area contributed by atoms with Gasteiger partial charge in [0, 0.05) is 38.7 Å². The second-order valence-corrected chi connectivity index (χ2v) is 11.5. The van der Waals surface area contributed by atoms with Crippen molar-refractivity contribution < 1.29 is 19.7 Å². The van der Waals surface area contributed by atoms with Crippen LogP contribution in [0.5, 0.6) is 0 Å². The van der Waals surface area contributed by atoms with Crippen LogP contribution in [0.2, 0.25) is 0 Å². The highest BCUT2D eigenvalue weighted by molar-refractivity contribution is 6.31. The largest absolute Gasteiger partial charge is 0.391 e. The number of rotatable bonds is 14. The topological polar surface area (TPSA) is 133 Å². The van der Waals surface area contributed by atoms with Gasteiger partial charge in [-0.15, -0.1) is 0 Å². The molecular weight excluding hydrogens is 518 g/mol. The molecule has 1 aliphatic heterocycles. The standard InChI is InChI=1S/C32H45N5O4/c1-22-6-11-25(32-30(39)18-29(38)21-41-32)17-26(22)16-24-9-7-23(8-10-24)4-3-5-31(40)34-14-15-37(2)20-28(36-33)19-35-27-12-13-27/h6-11,17,19,27,29-30,32,38-39H,3-5,12-16,18,20-21,33H2,1-2H3,(H,34,40)/t29?,30?,32-/m0/s1. The van der Waals surface area contributed by atoms with Gasteiger partial charge in [0.15, 0.2) is 0 Å². The summed E-state index contributed by atoms with van der Waals surface area (Å²) < 4.78 is 5.73. The van der Waals surface area contributed by atoms with E-state index in [1.54, 1.807) is 6.21 Å². The molecule has 9 heteroatoms. The molecule has 3 atom stereocenters. The maximum atomic E-state index is 12.3. The summed E-state index contributed by atoms with van der Waals surface area (Å²) in [7, 11) is 1.98. The van der Waals surface area contributed by atoms with Gasteiger partial charge >= 0.3 is 0 Å². The van der Waals surface area contributed by atoms with Crippen LogP contribution in [-0.2, 0) is 22.4 Å². The number of hydrogen-bond acceptors (Lipinski definition) is 8. The summed E-state index contributed by atoms with van der Waals surface area (Å²) in [4.78, 5) is 18.8. The number of likely N-dealkylation sites (N-methyl/N-ethyl adjacent to an activating group) is 1. The van der Waals surface area contributed by atoms with Crippen LogP contribution >= 0.6 is 0 Å². The molecule has 0 radical (unpaired) electrons. The first-order chi connectivity index (χ1) is 19.8. The Morgan fingerprint density at radius 1 is 1.17 bits per heavy atom. The van der Waals surface area contributed by atoms with Crippen LogP contribution in [0.1, 0.15) is 66.0 Å². The molecule has 5 N–H and O–H groups in total. The monoisotopic (exact) mass is 563 g/mol. The van der Waals surface area contributed by atoms with Crippen molar-refractivity contribution in [3.05, 3.63) is 70.3 Å². The van der Waals surface area contributed by atoms with Crippen molar-refractivity contribution in [2.45, 2.75) is 76.2 Å². The van der Waals surface area contributed by atoms with E-state index in [0.29, 0.717) is 38.5 Å². The molecule has 2 fully saturated rings. The molecule has 0 spiro atoms. The van der Waals surface area contributed by atoms with E-state index in [-0.39, 0.29) is 12.5 Å². The summed E-state index contributed by atoms with van der Waals surface area (Å²) in [5, 5.41) is 26.9. The number of amides is 1. The van der Waals surface area contributed by atoms with Crippen molar-refractivity contribution >= 4 is 17.8 Å². The number of aliphatic hydroxyl groups is 2. The zero-order valence-electron chi connectivity index (χ0n) is 24.3. The van der Waals surface area contributed by atoms with Crippen LogP contribution in [0.25, 0.3) is 0 Å². The second kappa shape index (κ2) is 15.2. The zero-order chi connectivity index (χ0) is 29.2. The Bertz CT molecular complexity index is 1200. The number of nitrogens with two attached hydrogens (primary N) is 1. The molecule has 2 aromatic carbocycles. The van der Waals surface area contributed by atoms with E-state index >= 15 is 0 Å². The predicted molar refractivity (Wildman–Crippen MR) is 162 cm³/mol. The Morgan fingerprint density at radius 2 is 1.93 bits per heavy atom. The Labute approximate surface area is 243 Å². The number of hydrogen-bond donors (Lipinski definition) is 4. The predicted octanol–water partition coefficient (Wildman–Crippen LogP) is 2.69. The first kappa shape index (κ1) is 30.8. The summed E-state index contributed by atoms with van der Waals surface area (Å²) in [6.45, 7) is 4.23. The molecule has 222 valence electrons. The van der Waals surface area contributed by atoms with E-state index in [2.05, 4.69) is 63.6 Å². The Balaban J connectivity index is 1.16. The lowest BCUT2D eigenvalue weighted by Gasteiger charge is -2.31. The maximum Gasteiger partial charge on any atom is 0.220 e. The van der Waals surface area contributed by atoms with Gasteiger partial charge in [0.2, 0.25) is 5.91 Å². The van der Waals surface area contributed by atoms with Crippen LogP contribution in [0, 0.1) is 6.92 Å². The number of nitrogens with zero attached hydrogens (tertiary/aromatic N) is 3. The average molecular weight is 564 g/mol. The fourth-order valence-corrected chi connectivity index (χ4v) is 5.03. The molecule has 0 aromatic heterocycles. The molecule has 1 amide bonds. The average Bonchev–Trinajstić information content (AvgIpc) is 3.78. The van der Waals surface area contributed by atoms with E-state index in [1.807, 2.05) is 13.1 Å². The normalized spacial score (nSPS) is 21.5. The van der Waals surface area contributed by atoms with Crippen molar-refractivity contribution in [3.8, 4) is 0 Å². The molecule has 1 saturated heterocycles. The third-order valence-corrected chi connectivity index (χ3v) is 7.71. The van der Waals surface area contributed by atoms with Crippen LogP contribution in [0.4, 0.5) is 0 Å².